The molecule has 3 nitrogen and oxygen atoms in total. The Morgan fingerprint density at radius 1 is 1.50 bits per heavy atom. The van der Waals surface area contributed by atoms with Gasteiger partial charge in [-0.3, -0.25) is 0 Å². The Balaban J connectivity index is 3.67. The molecule has 0 aromatic heterocycles. The van der Waals surface area contributed by atoms with Gasteiger partial charge in [0, 0.05) is 17.8 Å². The quantitative estimate of drug-likeness (QED) is 0.311. The highest BCUT2D eigenvalue weighted by atomic mass is 16.1. The molecule has 50 valence electrons. The van der Waals surface area contributed by atoms with Crippen molar-refractivity contribution in [2.45, 2.75) is 0 Å². The number of nitrogen functional groups attached to an aromatic ring is 1. The van der Waals surface area contributed by atoms with Crippen LogP contribution in [0.2, 0.25) is 0 Å². The zero-order chi connectivity index (χ0) is 10.9. The second-order valence-corrected chi connectivity index (χ2v) is 1.52. The van der Waals surface area contributed by atoms with Crippen molar-refractivity contribution < 1.29 is 15.3 Å². The average Bonchev–Trinajstić information content (AvgIpc) is 2.19. The Labute approximate surface area is 63.8 Å². The van der Waals surface area contributed by atoms with E-state index in [2.05, 4.69) is 0 Å². The molecule has 1 rings (SSSR count). The van der Waals surface area contributed by atoms with E-state index in [4.69, 9.17) is 11.2 Å². The number of isocyanates is 1. The van der Waals surface area contributed by atoms with Gasteiger partial charge in [0.1, 0.15) is 0 Å². The first-order valence-corrected chi connectivity index (χ1v) is 2.49. The monoisotopic (exact) mass is 143 g/mol. The predicted octanol–water partition coefficient (Wildman–Crippen LogP) is -0.683. The van der Waals surface area contributed by atoms with Crippen LogP contribution in [0.15, 0.2) is 24.2 Å². The molecule has 1 aromatic rings. The first-order chi connectivity index (χ1) is 6.50. The number of nitrogens with two attached hydrogens (primary N) is 1. The third-order valence-electron chi connectivity index (χ3n) is 0.820. The van der Waals surface area contributed by atoms with E-state index in [1.165, 1.54) is 6.08 Å². The van der Waals surface area contributed by atoms with Gasteiger partial charge in [0.25, 0.3) is 0 Å². The molecule has 0 fully saturated rings. The number of hydrogen-bond donors (Lipinski definition) is 2. The summed E-state index contributed by atoms with van der Waals surface area (Å²) < 4.78 is 29.4. The minimum Gasteiger partial charge on any atom is -0.399 e. The van der Waals surface area contributed by atoms with Gasteiger partial charge in [-0.05, 0) is 12.1 Å². The molecular formula is C7H7N2O+. The van der Waals surface area contributed by atoms with Crippen LogP contribution < -0.4 is 10.7 Å². The topological polar surface area (TPSA) is 57.1 Å². The van der Waals surface area contributed by atoms with E-state index in [0.717, 1.165) is 0 Å². The number of benzene rings is 1. The smallest absolute Gasteiger partial charge is 0.399 e. The molecule has 0 aliphatic rings. The molecule has 0 atom stereocenters. The van der Waals surface area contributed by atoms with Crippen LogP contribution in [0.3, 0.4) is 0 Å². The molecule has 10 heavy (non-hydrogen) atoms. The third kappa shape index (κ3) is 1.44. The van der Waals surface area contributed by atoms with E-state index < -0.39 is 0 Å². The molecule has 0 spiro atoms. The Morgan fingerprint density at radius 2 is 2.10 bits per heavy atom. The van der Waals surface area contributed by atoms with E-state index in [9.17, 15) is 4.79 Å². The Bertz CT molecular complexity index is 411. The third-order valence-corrected chi connectivity index (χ3v) is 0.820. The highest BCUT2D eigenvalue weighted by Crippen LogP contribution is 2.03. The van der Waals surface area contributed by atoms with Gasteiger partial charge < -0.3 is 5.73 Å². The van der Waals surface area contributed by atoms with Gasteiger partial charge in [0.15, 0.2) is 0 Å². The standard InChI is InChI=1S/C7H6N2O/c8-6-1-3-7(4-2-6)9-5-10/h1-4H,8H2/p+1/i1T,2T,3T,4T. The molecule has 0 bridgehead atoms. The van der Waals surface area contributed by atoms with Gasteiger partial charge in [-0.1, -0.05) is 0 Å². The molecule has 0 aliphatic heterocycles. The van der Waals surface area contributed by atoms with Crippen molar-refractivity contribution in [3.63, 3.8) is 0 Å². The zero-order valence-corrected chi connectivity index (χ0v) is 4.99. The minimum absolute atomic E-state index is 0.218. The number of rotatable bonds is 1. The Hall–Kier alpha value is -1.60. The number of carbonyl (C=O) groups excluding carboxylic acids is 1. The summed E-state index contributed by atoms with van der Waals surface area (Å²) in [7, 11) is 0. The summed E-state index contributed by atoms with van der Waals surface area (Å²) in [5.74, 6) is 0. The van der Waals surface area contributed by atoms with Gasteiger partial charge in [-0.15, -0.1) is 4.99 Å². The van der Waals surface area contributed by atoms with Crippen molar-refractivity contribution in [3.05, 3.63) is 24.2 Å². The molecule has 0 radical (unpaired) electrons. The number of anilines is 1. The fourth-order valence-electron chi connectivity index (χ4n) is 0.436. The van der Waals surface area contributed by atoms with Crippen LogP contribution in [-0.4, -0.2) is 6.08 Å². The lowest BCUT2D eigenvalue weighted by Gasteiger charge is -1.86. The first-order valence-electron chi connectivity index (χ1n) is 4.49. The van der Waals surface area contributed by atoms with Crippen LogP contribution in [-0.2, 0) is 4.79 Å². The van der Waals surface area contributed by atoms with E-state index in [1.54, 1.807) is 0 Å². The summed E-state index contributed by atoms with van der Waals surface area (Å²) in [6, 6.07) is -1.51. The highest BCUT2D eigenvalue weighted by molar-refractivity contribution is 5.44. The Kier molecular flexibility index (Phi) is 0.838. The van der Waals surface area contributed by atoms with E-state index in [0.29, 0.717) is 0 Å². The van der Waals surface area contributed by atoms with Crippen molar-refractivity contribution in [1.82, 2.24) is 0 Å². The van der Waals surface area contributed by atoms with E-state index in [-0.39, 0.29) is 35.5 Å². The maximum Gasteiger partial charge on any atom is 0.428 e. The highest BCUT2D eigenvalue weighted by Gasteiger charge is 1.91. The number of hydrogen-bond acceptors (Lipinski definition) is 2. The summed E-state index contributed by atoms with van der Waals surface area (Å²) >= 11 is 0. The number of nitrogens with one attached hydrogen (secondary N) is 1. The van der Waals surface area contributed by atoms with Crippen LogP contribution in [0.1, 0.15) is 5.48 Å². The summed E-state index contributed by atoms with van der Waals surface area (Å²) in [5.41, 5.74) is 4.85. The van der Waals surface area contributed by atoms with Crippen LogP contribution in [0.5, 0.6) is 0 Å². The van der Waals surface area contributed by atoms with Gasteiger partial charge in [0.2, 0.25) is 5.69 Å². The molecule has 0 amide bonds. The van der Waals surface area contributed by atoms with Crippen molar-refractivity contribution in [3.8, 4) is 0 Å². The molecular weight excluding hydrogens is 128 g/mol. The van der Waals surface area contributed by atoms with Crippen molar-refractivity contribution in [2.75, 3.05) is 5.73 Å². The molecule has 0 saturated carbocycles. The maximum absolute atomic E-state index is 10.0. The SMILES string of the molecule is [3H]c1c([3H])c([NH+]=C=O)c([3H])c([3H])c1N. The fraction of sp³-hybridized carbons (Fsp3) is 0. The minimum atomic E-state index is -0.383. The molecule has 1 aromatic carbocycles. The zero-order valence-electron chi connectivity index (χ0n) is 8.99. The van der Waals surface area contributed by atoms with Gasteiger partial charge >= 0.3 is 6.08 Å². The van der Waals surface area contributed by atoms with Crippen LogP contribution >= 0.6 is 0 Å². The lowest BCUT2D eigenvalue weighted by atomic mass is 10.3. The molecule has 3 N–H and O–H groups in total. The van der Waals surface area contributed by atoms with E-state index in [1.807, 2.05) is 4.99 Å². The first kappa shape index (κ1) is 2.99. The van der Waals surface area contributed by atoms with Crippen molar-refractivity contribution in [1.29, 1.82) is 0 Å². The summed E-state index contributed by atoms with van der Waals surface area (Å²) in [6.45, 7) is 0. The summed E-state index contributed by atoms with van der Waals surface area (Å²) in [5, 5.41) is 0. The molecule has 0 heterocycles. The molecule has 0 unspecified atom stereocenters. The molecule has 0 saturated heterocycles. The summed E-state index contributed by atoms with van der Waals surface area (Å²) in [6.07, 6.45) is 1.29. The largest absolute Gasteiger partial charge is 0.428 e. The fourth-order valence-corrected chi connectivity index (χ4v) is 0.436. The lowest BCUT2D eigenvalue weighted by molar-refractivity contribution is -0.350. The predicted molar refractivity (Wildman–Crippen MR) is 37.2 cm³/mol. The Morgan fingerprint density at radius 3 is 2.60 bits per heavy atom. The van der Waals surface area contributed by atoms with Crippen LogP contribution in [0.4, 0.5) is 11.4 Å². The van der Waals surface area contributed by atoms with Gasteiger partial charge in [0.05, 0.1) is 5.48 Å². The molecule has 3 heteroatoms. The average molecular weight is 143 g/mol. The summed E-state index contributed by atoms with van der Waals surface area (Å²) in [4.78, 5) is 12.0. The normalized spacial score (nSPS) is 14.0. The second-order valence-electron chi connectivity index (χ2n) is 1.52. The second kappa shape index (κ2) is 2.80. The van der Waals surface area contributed by atoms with Crippen LogP contribution in [0.25, 0.3) is 0 Å². The van der Waals surface area contributed by atoms with Crippen LogP contribution in [0, 0.1) is 0 Å². The van der Waals surface area contributed by atoms with Crippen molar-refractivity contribution >= 4 is 17.5 Å². The van der Waals surface area contributed by atoms with Gasteiger partial charge in [-0.2, -0.15) is 4.79 Å². The molecule has 0 aliphatic carbocycles. The van der Waals surface area contributed by atoms with Crippen molar-refractivity contribution in [2.24, 2.45) is 0 Å². The lowest BCUT2D eigenvalue weighted by Crippen LogP contribution is -2.59. The van der Waals surface area contributed by atoms with E-state index >= 15 is 0 Å². The maximum atomic E-state index is 10.0. The van der Waals surface area contributed by atoms with Gasteiger partial charge in [-0.25, -0.2) is 0 Å².